The summed E-state index contributed by atoms with van der Waals surface area (Å²) in [5, 5.41) is 1.21. The van der Waals surface area contributed by atoms with Crippen LogP contribution in [0.5, 0.6) is 0 Å². The third-order valence-electron chi connectivity index (χ3n) is 4.57. The molecule has 0 spiro atoms. The van der Waals surface area contributed by atoms with Gasteiger partial charge in [0.25, 0.3) is 0 Å². The van der Waals surface area contributed by atoms with Crippen molar-refractivity contribution < 1.29 is 0 Å². The van der Waals surface area contributed by atoms with E-state index >= 15 is 0 Å². The van der Waals surface area contributed by atoms with Crippen LogP contribution >= 0.6 is 0 Å². The molecule has 0 aliphatic carbocycles. The van der Waals surface area contributed by atoms with Gasteiger partial charge < -0.3 is 10.6 Å². The summed E-state index contributed by atoms with van der Waals surface area (Å²) < 4.78 is 0. The highest BCUT2D eigenvalue weighted by Gasteiger charge is 2.22. The van der Waals surface area contributed by atoms with Crippen LogP contribution in [0.15, 0.2) is 30.5 Å². The fourth-order valence-electron chi connectivity index (χ4n) is 3.23. The van der Waals surface area contributed by atoms with Gasteiger partial charge in [0.15, 0.2) is 0 Å². The van der Waals surface area contributed by atoms with Gasteiger partial charge in [-0.25, -0.2) is 0 Å². The molecule has 2 aromatic rings. The number of nitrogens with two attached hydrogens (primary N) is 1. The van der Waals surface area contributed by atoms with Gasteiger partial charge in [0.2, 0.25) is 0 Å². The largest absolute Gasteiger partial charge is 0.399 e. The van der Waals surface area contributed by atoms with Gasteiger partial charge in [-0.05, 0) is 48.9 Å². The summed E-state index contributed by atoms with van der Waals surface area (Å²) in [4.78, 5) is 6.93. The summed E-state index contributed by atoms with van der Waals surface area (Å²) in [5.74, 6) is 1.67. The molecule has 20 heavy (non-hydrogen) atoms. The van der Waals surface area contributed by atoms with Gasteiger partial charge in [0.05, 0.1) is 5.52 Å². The van der Waals surface area contributed by atoms with Crippen molar-refractivity contribution >= 4 is 22.3 Å². The second-order valence-corrected chi connectivity index (χ2v) is 6.18. The molecule has 3 nitrogen and oxygen atoms in total. The van der Waals surface area contributed by atoms with E-state index in [-0.39, 0.29) is 0 Å². The molecule has 1 aromatic carbocycles. The molecule has 0 saturated carbocycles. The zero-order valence-electron chi connectivity index (χ0n) is 12.3. The van der Waals surface area contributed by atoms with Crippen LogP contribution in [0.2, 0.25) is 0 Å². The molecule has 1 aliphatic heterocycles. The number of hydrogen-bond donors (Lipinski definition) is 1. The van der Waals surface area contributed by atoms with Crippen molar-refractivity contribution in [2.24, 2.45) is 11.8 Å². The molecular formula is C17H23N3. The normalized spacial score (nSPS) is 17.1. The Bertz CT molecular complexity index is 598. The van der Waals surface area contributed by atoms with E-state index in [1.807, 2.05) is 18.3 Å². The van der Waals surface area contributed by atoms with Gasteiger partial charge in [0.1, 0.15) is 0 Å². The number of fused-ring (bicyclic) bond motifs is 1. The van der Waals surface area contributed by atoms with E-state index in [1.165, 1.54) is 23.9 Å². The Hall–Kier alpha value is -1.77. The summed E-state index contributed by atoms with van der Waals surface area (Å²) in [6.45, 7) is 6.97. The lowest BCUT2D eigenvalue weighted by Crippen LogP contribution is -2.35. The zero-order valence-corrected chi connectivity index (χ0v) is 12.3. The molecule has 0 radical (unpaired) electrons. The van der Waals surface area contributed by atoms with E-state index in [4.69, 9.17) is 5.73 Å². The fourth-order valence-corrected chi connectivity index (χ4v) is 3.23. The zero-order chi connectivity index (χ0) is 14.1. The van der Waals surface area contributed by atoms with Crippen molar-refractivity contribution in [2.45, 2.75) is 26.7 Å². The number of aromatic nitrogens is 1. The number of anilines is 2. The molecular weight excluding hydrogens is 246 g/mol. The van der Waals surface area contributed by atoms with Gasteiger partial charge in [-0.2, -0.15) is 0 Å². The lowest BCUT2D eigenvalue weighted by atomic mass is 9.86. The molecule has 1 saturated heterocycles. The molecule has 3 heteroatoms. The van der Waals surface area contributed by atoms with Crippen LogP contribution in [0.3, 0.4) is 0 Å². The number of hydrogen-bond acceptors (Lipinski definition) is 3. The monoisotopic (exact) mass is 269 g/mol. The van der Waals surface area contributed by atoms with Gasteiger partial charge in [0, 0.05) is 36.0 Å². The number of nitrogen functional groups attached to an aromatic ring is 1. The minimum atomic E-state index is 0.778. The number of benzene rings is 1. The van der Waals surface area contributed by atoms with Crippen LogP contribution in [0.1, 0.15) is 26.7 Å². The quantitative estimate of drug-likeness (QED) is 0.845. The maximum atomic E-state index is 5.85. The van der Waals surface area contributed by atoms with Crippen LogP contribution in [-0.2, 0) is 0 Å². The highest BCUT2D eigenvalue weighted by Crippen LogP contribution is 2.32. The molecule has 0 bridgehead atoms. The van der Waals surface area contributed by atoms with Gasteiger partial charge in [-0.15, -0.1) is 0 Å². The SMILES string of the molecule is CC(C)C1CCN(c2ccnc3cc(N)ccc23)CC1. The lowest BCUT2D eigenvalue weighted by Gasteiger charge is -2.35. The predicted octanol–water partition coefficient (Wildman–Crippen LogP) is 3.69. The fraction of sp³-hybridized carbons (Fsp3) is 0.471. The second-order valence-electron chi connectivity index (χ2n) is 6.18. The first kappa shape index (κ1) is 13.2. The Morgan fingerprint density at radius 1 is 1.20 bits per heavy atom. The van der Waals surface area contributed by atoms with E-state index in [9.17, 15) is 0 Å². The summed E-state index contributed by atoms with van der Waals surface area (Å²) in [6, 6.07) is 8.16. The lowest BCUT2D eigenvalue weighted by molar-refractivity contribution is 0.311. The van der Waals surface area contributed by atoms with Crippen LogP contribution in [0.4, 0.5) is 11.4 Å². The molecule has 0 amide bonds. The molecule has 1 aromatic heterocycles. The molecule has 2 N–H and O–H groups in total. The highest BCUT2D eigenvalue weighted by molar-refractivity contribution is 5.93. The highest BCUT2D eigenvalue weighted by atomic mass is 15.1. The topological polar surface area (TPSA) is 42.2 Å². The van der Waals surface area contributed by atoms with Crippen LogP contribution in [0.25, 0.3) is 10.9 Å². The molecule has 1 aliphatic rings. The Morgan fingerprint density at radius 3 is 2.65 bits per heavy atom. The van der Waals surface area contributed by atoms with Crippen LogP contribution in [0, 0.1) is 11.8 Å². The summed E-state index contributed by atoms with van der Waals surface area (Å²) >= 11 is 0. The average Bonchev–Trinajstić information content (AvgIpc) is 2.46. The van der Waals surface area contributed by atoms with Crippen LogP contribution in [-0.4, -0.2) is 18.1 Å². The van der Waals surface area contributed by atoms with Crippen molar-refractivity contribution in [1.82, 2.24) is 4.98 Å². The number of nitrogens with zero attached hydrogens (tertiary/aromatic N) is 2. The average molecular weight is 269 g/mol. The second kappa shape index (κ2) is 5.31. The number of rotatable bonds is 2. The number of pyridine rings is 1. The molecule has 3 rings (SSSR count). The van der Waals surface area contributed by atoms with Gasteiger partial charge in [-0.1, -0.05) is 13.8 Å². The van der Waals surface area contributed by atoms with E-state index in [0.29, 0.717) is 0 Å². The first-order valence-corrected chi connectivity index (χ1v) is 7.54. The maximum absolute atomic E-state index is 5.85. The van der Waals surface area contributed by atoms with Gasteiger partial charge in [-0.3, -0.25) is 4.98 Å². The van der Waals surface area contributed by atoms with E-state index in [1.54, 1.807) is 0 Å². The minimum Gasteiger partial charge on any atom is -0.399 e. The first-order valence-electron chi connectivity index (χ1n) is 7.54. The van der Waals surface area contributed by atoms with E-state index in [2.05, 4.69) is 35.9 Å². The Labute approximate surface area is 120 Å². The predicted molar refractivity (Wildman–Crippen MR) is 85.9 cm³/mol. The Kier molecular flexibility index (Phi) is 3.51. The number of piperidine rings is 1. The summed E-state index contributed by atoms with van der Waals surface area (Å²) in [6.07, 6.45) is 4.47. The van der Waals surface area contributed by atoms with Crippen molar-refractivity contribution in [2.75, 3.05) is 23.7 Å². The third kappa shape index (κ3) is 2.45. The molecule has 106 valence electrons. The first-order chi connectivity index (χ1) is 9.65. The van der Waals surface area contributed by atoms with Crippen molar-refractivity contribution in [3.8, 4) is 0 Å². The van der Waals surface area contributed by atoms with Crippen molar-refractivity contribution in [3.63, 3.8) is 0 Å². The van der Waals surface area contributed by atoms with Crippen molar-refractivity contribution in [1.29, 1.82) is 0 Å². The molecule has 2 heterocycles. The van der Waals surface area contributed by atoms with E-state index in [0.717, 1.165) is 36.1 Å². The maximum Gasteiger partial charge on any atom is 0.0743 e. The molecule has 0 atom stereocenters. The van der Waals surface area contributed by atoms with Crippen LogP contribution < -0.4 is 10.6 Å². The Balaban J connectivity index is 1.88. The summed E-state index contributed by atoms with van der Waals surface area (Å²) in [5.41, 5.74) is 8.93. The Morgan fingerprint density at radius 2 is 1.95 bits per heavy atom. The molecule has 1 fully saturated rings. The third-order valence-corrected chi connectivity index (χ3v) is 4.57. The smallest absolute Gasteiger partial charge is 0.0743 e. The summed E-state index contributed by atoms with van der Waals surface area (Å²) in [7, 11) is 0. The van der Waals surface area contributed by atoms with Gasteiger partial charge >= 0.3 is 0 Å². The van der Waals surface area contributed by atoms with Crippen molar-refractivity contribution in [3.05, 3.63) is 30.5 Å². The van der Waals surface area contributed by atoms with E-state index < -0.39 is 0 Å². The minimum absolute atomic E-state index is 0.778. The molecule has 0 unspecified atom stereocenters. The standard InChI is InChI=1S/C17H23N3/c1-12(2)13-6-9-20(10-7-13)17-5-8-19-16-11-14(18)3-4-15(16)17/h3-5,8,11-13H,6-7,9-10,18H2,1-2H3.